The second kappa shape index (κ2) is 10.4. The predicted octanol–water partition coefficient (Wildman–Crippen LogP) is 5.32. The summed E-state index contributed by atoms with van der Waals surface area (Å²) in [6.07, 6.45) is -4.54. The number of amides is 1. The van der Waals surface area contributed by atoms with E-state index in [1.54, 1.807) is 12.1 Å². The number of carbonyl (C=O) groups is 1. The van der Waals surface area contributed by atoms with Crippen LogP contribution < -0.4 is 14.4 Å². The molecule has 6 nitrogen and oxygen atoms in total. The minimum Gasteiger partial charge on any atom is -0.493 e. The zero-order chi connectivity index (χ0) is 24.2. The Labute approximate surface area is 194 Å². The zero-order valence-corrected chi connectivity index (χ0v) is 19.7. The number of ether oxygens (including phenoxy) is 2. The number of nitrogens with zero attached hydrogens (tertiary/aromatic N) is 3. The van der Waals surface area contributed by atoms with Gasteiger partial charge in [0, 0.05) is 30.8 Å². The first-order valence-corrected chi connectivity index (χ1v) is 11.3. The lowest BCUT2D eigenvalue weighted by molar-refractivity contribution is -0.137. The monoisotopic (exact) mass is 481 g/mol. The number of halogens is 3. The number of rotatable bonds is 9. The van der Waals surface area contributed by atoms with Gasteiger partial charge in [0.1, 0.15) is 0 Å². The van der Waals surface area contributed by atoms with Crippen LogP contribution in [0, 0.1) is 0 Å². The SMILES string of the molecule is CCN(CC)CCN(C(=O)c1cccc(C(F)(F)F)c1)c1nc2cc(OC)c(OC)cc2s1. The van der Waals surface area contributed by atoms with Crippen LogP contribution in [0.2, 0.25) is 0 Å². The van der Waals surface area contributed by atoms with Crippen molar-refractivity contribution in [2.75, 3.05) is 45.3 Å². The minimum absolute atomic E-state index is 0.0428. The van der Waals surface area contributed by atoms with Gasteiger partial charge in [0.05, 0.1) is 30.0 Å². The molecule has 0 fully saturated rings. The van der Waals surface area contributed by atoms with Crippen molar-refractivity contribution in [1.29, 1.82) is 0 Å². The molecule has 1 heterocycles. The second-order valence-corrected chi connectivity index (χ2v) is 8.24. The Hall–Kier alpha value is -2.85. The molecule has 0 spiro atoms. The van der Waals surface area contributed by atoms with Crippen molar-refractivity contribution in [1.82, 2.24) is 9.88 Å². The Morgan fingerprint density at radius 1 is 1.03 bits per heavy atom. The predicted molar refractivity (Wildman–Crippen MR) is 124 cm³/mol. The average molecular weight is 482 g/mol. The summed E-state index contributed by atoms with van der Waals surface area (Å²) in [4.78, 5) is 21.6. The smallest absolute Gasteiger partial charge is 0.416 e. The fourth-order valence-corrected chi connectivity index (χ4v) is 4.41. The Bertz CT molecular complexity index is 1070. The molecule has 33 heavy (non-hydrogen) atoms. The van der Waals surface area contributed by atoms with E-state index in [1.807, 2.05) is 13.8 Å². The number of thiazole rings is 1. The highest BCUT2D eigenvalue weighted by Gasteiger charge is 2.32. The molecule has 0 saturated heterocycles. The lowest BCUT2D eigenvalue weighted by Gasteiger charge is -2.25. The Morgan fingerprint density at radius 2 is 1.70 bits per heavy atom. The van der Waals surface area contributed by atoms with E-state index < -0.39 is 17.6 Å². The second-order valence-electron chi connectivity index (χ2n) is 7.23. The van der Waals surface area contributed by atoms with Crippen LogP contribution >= 0.6 is 11.3 Å². The minimum atomic E-state index is -4.54. The van der Waals surface area contributed by atoms with E-state index in [4.69, 9.17) is 9.47 Å². The van der Waals surface area contributed by atoms with Crippen molar-refractivity contribution in [2.45, 2.75) is 20.0 Å². The van der Waals surface area contributed by atoms with Gasteiger partial charge in [-0.2, -0.15) is 13.2 Å². The molecule has 0 N–H and O–H groups in total. The summed E-state index contributed by atoms with van der Waals surface area (Å²) in [5, 5.41) is 0.398. The molecule has 178 valence electrons. The van der Waals surface area contributed by atoms with Crippen LogP contribution in [0.3, 0.4) is 0 Å². The van der Waals surface area contributed by atoms with Gasteiger partial charge in [-0.15, -0.1) is 0 Å². The molecule has 0 saturated carbocycles. The Morgan fingerprint density at radius 3 is 2.30 bits per heavy atom. The first-order valence-electron chi connectivity index (χ1n) is 10.5. The number of methoxy groups -OCH3 is 2. The zero-order valence-electron chi connectivity index (χ0n) is 18.9. The maximum Gasteiger partial charge on any atom is 0.416 e. The van der Waals surface area contributed by atoms with Crippen molar-refractivity contribution < 1.29 is 27.4 Å². The van der Waals surface area contributed by atoms with Crippen LogP contribution in [-0.2, 0) is 6.18 Å². The molecule has 0 atom stereocenters. The molecule has 1 amide bonds. The number of carbonyl (C=O) groups excluding carboxylic acids is 1. The van der Waals surface area contributed by atoms with E-state index in [9.17, 15) is 18.0 Å². The topological polar surface area (TPSA) is 54.9 Å². The molecule has 0 aliphatic carbocycles. The lowest BCUT2D eigenvalue weighted by Crippen LogP contribution is -2.39. The van der Waals surface area contributed by atoms with Crippen LogP contribution in [0.15, 0.2) is 36.4 Å². The van der Waals surface area contributed by atoms with Crippen LogP contribution in [0.5, 0.6) is 11.5 Å². The number of anilines is 1. The quantitative estimate of drug-likeness (QED) is 0.414. The van der Waals surface area contributed by atoms with Gasteiger partial charge in [0.15, 0.2) is 16.6 Å². The third-order valence-electron chi connectivity index (χ3n) is 5.33. The summed E-state index contributed by atoms with van der Waals surface area (Å²) in [5.41, 5.74) is -0.299. The average Bonchev–Trinajstić information content (AvgIpc) is 3.22. The molecule has 10 heteroatoms. The maximum atomic E-state index is 13.4. The normalized spacial score (nSPS) is 11.8. The maximum absolute atomic E-state index is 13.4. The van der Waals surface area contributed by atoms with E-state index in [0.29, 0.717) is 28.7 Å². The van der Waals surface area contributed by atoms with Gasteiger partial charge in [-0.25, -0.2) is 4.98 Å². The summed E-state index contributed by atoms with van der Waals surface area (Å²) < 4.78 is 51.1. The van der Waals surface area contributed by atoms with Crippen molar-refractivity contribution in [2.24, 2.45) is 0 Å². The van der Waals surface area contributed by atoms with Crippen LogP contribution in [0.25, 0.3) is 10.2 Å². The highest BCUT2D eigenvalue weighted by Crippen LogP contribution is 2.38. The van der Waals surface area contributed by atoms with Gasteiger partial charge in [0.2, 0.25) is 0 Å². The molecule has 1 aromatic heterocycles. The summed E-state index contributed by atoms with van der Waals surface area (Å²) in [5.74, 6) is 0.492. The summed E-state index contributed by atoms with van der Waals surface area (Å²) in [6, 6.07) is 7.95. The van der Waals surface area contributed by atoms with Gasteiger partial charge in [-0.1, -0.05) is 31.3 Å². The Balaban J connectivity index is 2.03. The number of hydrogen-bond acceptors (Lipinski definition) is 6. The molecule has 3 rings (SSSR count). The van der Waals surface area contributed by atoms with Crippen LogP contribution in [0.4, 0.5) is 18.3 Å². The molecular weight excluding hydrogens is 455 g/mol. The van der Waals surface area contributed by atoms with E-state index in [-0.39, 0.29) is 12.1 Å². The van der Waals surface area contributed by atoms with Gasteiger partial charge in [-0.3, -0.25) is 9.69 Å². The number of alkyl halides is 3. The summed E-state index contributed by atoms with van der Waals surface area (Å²) in [7, 11) is 3.05. The van der Waals surface area contributed by atoms with E-state index in [1.165, 1.54) is 42.6 Å². The van der Waals surface area contributed by atoms with Crippen molar-refractivity contribution >= 4 is 32.6 Å². The van der Waals surface area contributed by atoms with Gasteiger partial charge in [-0.05, 0) is 31.3 Å². The molecule has 0 aliphatic rings. The molecular formula is C23H26F3N3O3S. The van der Waals surface area contributed by atoms with Crippen molar-refractivity contribution in [3.05, 3.63) is 47.5 Å². The summed E-state index contributed by atoms with van der Waals surface area (Å²) >= 11 is 1.27. The molecule has 3 aromatic rings. The van der Waals surface area contributed by atoms with Gasteiger partial charge >= 0.3 is 6.18 Å². The number of likely N-dealkylation sites (N-methyl/N-ethyl adjacent to an activating group) is 1. The number of hydrogen-bond donors (Lipinski definition) is 0. The molecule has 2 aromatic carbocycles. The number of benzene rings is 2. The first kappa shape index (κ1) is 24.8. The van der Waals surface area contributed by atoms with E-state index in [2.05, 4.69) is 9.88 Å². The molecule has 0 bridgehead atoms. The standard InChI is InChI=1S/C23H26F3N3O3S/c1-5-28(6-2)10-11-29(21(30)15-8-7-9-16(12-15)23(24,25)26)22-27-17-13-18(31-3)19(32-4)14-20(17)33-22/h7-9,12-14H,5-6,10-11H2,1-4H3. The van der Waals surface area contributed by atoms with Gasteiger partial charge in [0.25, 0.3) is 5.91 Å². The fraction of sp³-hybridized carbons (Fsp3) is 0.391. The number of fused-ring (bicyclic) bond motifs is 1. The molecule has 0 unspecified atom stereocenters. The molecule has 0 radical (unpaired) electrons. The third-order valence-corrected chi connectivity index (χ3v) is 6.37. The third kappa shape index (κ3) is 5.56. The first-order chi connectivity index (χ1) is 15.7. The largest absolute Gasteiger partial charge is 0.493 e. The van der Waals surface area contributed by atoms with Crippen LogP contribution in [-0.4, -0.2) is 56.2 Å². The van der Waals surface area contributed by atoms with Crippen LogP contribution in [0.1, 0.15) is 29.8 Å². The van der Waals surface area contributed by atoms with E-state index >= 15 is 0 Å². The highest BCUT2D eigenvalue weighted by atomic mass is 32.1. The lowest BCUT2D eigenvalue weighted by atomic mass is 10.1. The van der Waals surface area contributed by atoms with Crippen molar-refractivity contribution in [3.8, 4) is 11.5 Å². The van der Waals surface area contributed by atoms with Crippen molar-refractivity contribution in [3.63, 3.8) is 0 Å². The summed E-state index contributed by atoms with van der Waals surface area (Å²) in [6.45, 7) is 6.44. The van der Waals surface area contributed by atoms with Gasteiger partial charge < -0.3 is 14.4 Å². The van der Waals surface area contributed by atoms with E-state index in [0.717, 1.165) is 29.9 Å². The molecule has 0 aliphatic heterocycles. The highest BCUT2D eigenvalue weighted by molar-refractivity contribution is 7.22. The number of aromatic nitrogens is 1. The fourth-order valence-electron chi connectivity index (χ4n) is 3.41. The Kier molecular flexibility index (Phi) is 7.80.